The Hall–Kier alpha value is -0.610. The van der Waals surface area contributed by atoms with Gasteiger partial charge in [-0.3, -0.25) is 9.69 Å². The van der Waals surface area contributed by atoms with Gasteiger partial charge in [-0.05, 0) is 7.05 Å². The van der Waals surface area contributed by atoms with E-state index in [-0.39, 0.29) is 18.1 Å². The number of aliphatic hydroxyl groups excluding tert-OH is 1. The molecular weight excluding hydrogens is 146 g/mol. The molecule has 0 radical (unpaired) electrons. The van der Waals surface area contributed by atoms with Crippen LogP contribution in [0.15, 0.2) is 0 Å². The number of hydrogen-bond donors (Lipinski definition) is 1. The van der Waals surface area contributed by atoms with Crippen molar-refractivity contribution in [3.8, 4) is 0 Å². The third-order valence-electron chi connectivity index (χ3n) is 2.00. The van der Waals surface area contributed by atoms with Crippen LogP contribution in [0.2, 0.25) is 0 Å². The smallest absolute Gasteiger partial charge is 0.323 e. The number of likely N-dealkylation sites (N-methyl/N-ethyl adjacent to an activating group) is 1. The molecule has 0 amide bonds. The van der Waals surface area contributed by atoms with Gasteiger partial charge in [-0.15, -0.1) is 0 Å². The standard InChI is InChI=1S/C7H13NO3/c1-8-4-5(9)3-6(8)7(10)11-2/h5-6,9H,3-4H2,1-2H3/t5-,6-/m0/s1. The molecule has 0 aromatic heterocycles. The third kappa shape index (κ3) is 1.70. The number of methoxy groups -OCH3 is 1. The number of β-amino-alcohol motifs (C(OH)–C–C–N with tert-alkyl or cyclic N) is 1. The van der Waals surface area contributed by atoms with Crippen molar-refractivity contribution < 1.29 is 14.6 Å². The molecule has 0 bridgehead atoms. The van der Waals surface area contributed by atoms with Crippen LogP contribution in [-0.4, -0.2) is 48.8 Å². The average molecular weight is 159 g/mol. The Kier molecular flexibility index (Phi) is 2.46. The molecule has 0 spiro atoms. The van der Waals surface area contributed by atoms with Crippen molar-refractivity contribution in [3.63, 3.8) is 0 Å². The highest BCUT2D eigenvalue weighted by Crippen LogP contribution is 2.16. The molecular formula is C7H13NO3. The molecule has 2 atom stereocenters. The van der Waals surface area contributed by atoms with Gasteiger partial charge in [0, 0.05) is 13.0 Å². The molecule has 4 heteroatoms. The van der Waals surface area contributed by atoms with Crippen molar-refractivity contribution in [2.45, 2.75) is 18.6 Å². The molecule has 0 saturated carbocycles. The Bertz CT molecular complexity index is 160. The summed E-state index contributed by atoms with van der Waals surface area (Å²) in [5.41, 5.74) is 0. The van der Waals surface area contributed by atoms with Gasteiger partial charge in [-0.25, -0.2) is 0 Å². The van der Waals surface area contributed by atoms with Crippen molar-refractivity contribution in [1.29, 1.82) is 0 Å². The maximum absolute atomic E-state index is 11.0. The van der Waals surface area contributed by atoms with Crippen LogP contribution >= 0.6 is 0 Å². The van der Waals surface area contributed by atoms with Crippen molar-refractivity contribution in [2.75, 3.05) is 20.7 Å². The minimum Gasteiger partial charge on any atom is -0.468 e. The van der Waals surface area contributed by atoms with Crippen LogP contribution in [0.5, 0.6) is 0 Å². The first-order valence-electron chi connectivity index (χ1n) is 3.61. The topological polar surface area (TPSA) is 49.8 Å². The van der Waals surface area contributed by atoms with Gasteiger partial charge in [-0.1, -0.05) is 0 Å². The van der Waals surface area contributed by atoms with E-state index < -0.39 is 0 Å². The zero-order valence-electron chi connectivity index (χ0n) is 6.78. The van der Waals surface area contributed by atoms with E-state index in [2.05, 4.69) is 4.74 Å². The molecule has 0 aromatic carbocycles. The van der Waals surface area contributed by atoms with Gasteiger partial charge in [0.05, 0.1) is 13.2 Å². The summed E-state index contributed by atoms with van der Waals surface area (Å²) in [6.07, 6.45) is 0.104. The number of esters is 1. The highest BCUT2D eigenvalue weighted by Gasteiger charge is 2.33. The molecule has 1 saturated heterocycles. The fourth-order valence-electron chi connectivity index (χ4n) is 1.38. The molecule has 0 aromatic rings. The summed E-state index contributed by atoms with van der Waals surface area (Å²) >= 11 is 0. The van der Waals surface area contributed by atoms with E-state index in [0.29, 0.717) is 13.0 Å². The van der Waals surface area contributed by atoms with Gasteiger partial charge >= 0.3 is 5.97 Å². The van der Waals surface area contributed by atoms with Crippen LogP contribution in [0.1, 0.15) is 6.42 Å². The number of carbonyl (C=O) groups is 1. The van der Waals surface area contributed by atoms with E-state index in [1.54, 1.807) is 11.9 Å². The van der Waals surface area contributed by atoms with Crippen LogP contribution in [0, 0.1) is 0 Å². The predicted molar refractivity (Wildman–Crippen MR) is 39.1 cm³/mol. The van der Waals surface area contributed by atoms with Crippen molar-refractivity contribution in [2.24, 2.45) is 0 Å². The lowest BCUT2D eigenvalue weighted by atomic mass is 10.2. The number of nitrogens with zero attached hydrogens (tertiary/aromatic N) is 1. The molecule has 1 fully saturated rings. The summed E-state index contributed by atoms with van der Waals surface area (Å²) < 4.78 is 4.56. The van der Waals surface area contributed by atoms with Gasteiger partial charge in [0.2, 0.25) is 0 Å². The normalized spacial score (nSPS) is 32.3. The average Bonchev–Trinajstić information content (AvgIpc) is 2.28. The quantitative estimate of drug-likeness (QED) is 0.510. The predicted octanol–water partition coefficient (Wildman–Crippen LogP) is -0.776. The first-order valence-corrected chi connectivity index (χ1v) is 3.61. The Morgan fingerprint density at radius 1 is 1.73 bits per heavy atom. The minimum atomic E-state index is -0.385. The number of likely N-dealkylation sites (tertiary alicyclic amines) is 1. The van der Waals surface area contributed by atoms with Gasteiger partial charge in [0.15, 0.2) is 0 Å². The maximum Gasteiger partial charge on any atom is 0.323 e. The molecule has 0 unspecified atom stereocenters. The Morgan fingerprint density at radius 3 is 2.73 bits per heavy atom. The van der Waals surface area contributed by atoms with Gasteiger partial charge in [-0.2, -0.15) is 0 Å². The summed E-state index contributed by atoms with van der Waals surface area (Å²) in [5.74, 6) is -0.260. The minimum absolute atomic E-state index is 0.255. The zero-order valence-corrected chi connectivity index (χ0v) is 6.78. The van der Waals surface area contributed by atoms with Crippen molar-refractivity contribution >= 4 is 5.97 Å². The summed E-state index contributed by atoms with van der Waals surface area (Å²) in [6, 6.07) is -0.255. The van der Waals surface area contributed by atoms with Crippen molar-refractivity contribution in [1.82, 2.24) is 4.90 Å². The number of aliphatic hydroxyl groups is 1. The summed E-state index contributed by atoms with van der Waals surface area (Å²) in [5, 5.41) is 9.16. The molecule has 1 heterocycles. The van der Waals surface area contributed by atoms with E-state index in [1.165, 1.54) is 7.11 Å². The SMILES string of the molecule is COC(=O)[C@@H]1C[C@H](O)CN1C. The van der Waals surface area contributed by atoms with E-state index >= 15 is 0 Å². The largest absolute Gasteiger partial charge is 0.468 e. The fourth-order valence-corrected chi connectivity index (χ4v) is 1.38. The first-order chi connectivity index (χ1) is 5.15. The Labute approximate surface area is 65.8 Å². The first kappa shape index (κ1) is 8.49. The molecule has 0 aliphatic carbocycles. The Morgan fingerprint density at radius 2 is 2.36 bits per heavy atom. The summed E-state index contributed by atoms with van der Waals surface area (Å²) in [6.45, 7) is 0.555. The van der Waals surface area contributed by atoms with Crippen LogP contribution in [0.3, 0.4) is 0 Å². The fraction of sp³-hybridized carbons (Fsp3) is 0.857. The zero-order chi connectivity index (χ0) is 8.43. The van der Waals surface area contributed by atoms with Gasteiger partial charge < -0.3 is 9.84 Å². The molecule has 1 N–H and O–H groups in total. The lowest BCUT2D eigenvalue weighted by molar-refractivity contribution is -0.145. The van der Waals surface area contributed by atoms with E-state index in [0.717, 1.165) is 0 Å². The van der Waals surface area contributed by atoms with Crippen molar-refractivity contribution in [3.05, 3.63) is 0 Å². The van der Waals surface area contributed by atoms with E-state index in [1.807, 2.05) is 0 Å². The van der Waals surface area contributed by atoms with E-state index in [9.17, 15) is 4.79 Å². The van der Waals surface area contributed by atoms with Crippen LogP contribution in [0.25, 0.3) is 0 Å². The number of carbonyl (C=O) groups excluding carboxylic acids is 1. The Balaban J connectivity index is 2.52. The van der Waals surface area contributed by atoms with Crippen LogP contribution < -0.4 is 0 Å². The molecule has 4 nitrogen and oxygen atoms in total. The number of ether oxygens (including phenoxy) is 1. The lowest BCUT2D eigenvalue weighted by Gasteiger charge is -2.15. The van der Waals surface area contributed by atoms with Crippen LogP contribution in [0.4, 0.5) is 0 Å². The van der Waals surface area contributed by atoms with Gasteiger partial charge in [0.25, 0.3) is 0 Å². The molecule has 1 aliphatic rings. The highest BCUT2D eigenvalue weighted by molar-refractivity contribution is 5.76. The monoisotopic (exact) mass is 159 g/mol. The molecule has 11 heavy (non-hydrogen) atoms. The van der Waals surface area contributed by atoms with Crippen LogP contribution in [-0.2, 0) is 9.53 Å². The van der Waals surface area contributed by atoms with Gasteiger partial charge in [0.1, 0.15) is 6.04 Å². The molecule has 1 aliphatic heterocycles. The highest BCUT2D eigenvalue weighted by atomic mass is 16.5. The lowest BCUT2D eigenvalue weighted by Crippen LogP contribution is -2.33. The van der Waals surface area contributed by atoms with E-state index in [4.69, 9.17) is 5.11 Å². The number of rotatable bonds is 1. The second-order valence-electron chi connectivity index (χ2n) is 2.87. The summed E-state index contributed by atoms with van der Waals surface area (Å²) in [4.78, 5) is 12.8. The third-order valence-corrected chi connectivity index (χ3v) is 2.00. The maximum atomic E-state index is 11.0. The summed E-state index contributed by atoms with van der Waals surface area (Å²) in [7, 11) is 3.17. The second kappa shape index (κ2) is 3.19. The number of hydrogen-bond acceptors (Lipinski definition) is 4. The second-order valence-corrected chi connectivity index (χ2v) is 2.87. The molecule has 64 valence electrons. The molecule has 1 rings (SSSR count).